The number of ketones is 2. The molecule has 14 nitrogen and oxygen atoms in total. The predicted octanol–water partition coefficient (Wildman–Crippen LogP) is 7.27. The minimum Gasteiger partial charge on any atom is -0.346 e. The number of hydrogen-bond acceptors (Lipinski definition) is 10. The van der Waals surface area contributed by atoms with Crippen molar-refractivity contribution in [3.05, 3.63) is 143 Å². The van der Waals surface area contributed by atoms with Gasteiger partial charge in [0.2, 0.25) is 11.8 Å². The Kier molecular flexibility index (Phi) is 16.4. The Hall–Kier alpha value is -6.70. The van der Waals surface area contributed by atoms with E-state index >= 15 is 0 Å². The zero-order valence-corrected chi connectivity index (χ0v) is 38.6. The SMILES string of the molecule is Cc1cccc(CCC(=O)[C@H](C)NC(=O)[C@@H]2CC[C@@H](Cc3ccccc3)C2)c1-n1ncnn1.Cc1cccc(CCC(=O)[C@H](C)NC(=O)[C@@H]2CC[C@@H](Cc3ccccc3)C2)c1-n1ncnn1. The van der Waals surface area contributed by atoms with Crippen molar-refractivity contribution in [2.75, 3.05) is 0 Å². The van der Waals surface area contributed by atoms with Gasteiger partial charge in [-0.2, -0.15) is 0 Å². The third kappa shape index (κ3) is 12.8. The van der Waals surface area contributed by atoms with Crippen LogP contribution < -0.4 is 10.6 Å². The molecule has 0 saturated heterocycles. The molecule has 2 N–H and O–H groups in total. The van der Waals surface area contributed by atoms with Gasteiger partial charge < -0.3 is 10.6 Å². The average Bonchev–Trinajstić information content (AvgIpc) is 4.18. The number of para-hydroxylation sites is 2. The van der Waals surface area contributed by atoms with E-state index in [9.17, 15) is 19.2 Å². The molecule has 6 aromatic rings. The highest BCUT2D eigenvalue weighted by molar-refractivity contribution is 5.90. The van der Waals surface area contributed by atoms with Crippen LogP contribution in [0.2, 0.25) is 0 Å². The van der Waals surface area contributed by atoms with Gasteiger partial charge in [-0.3, -0.25) is 19.2 Å². The zero-order valence-electron chi connectivity index (χ0n) is 38.6. The molecule has 2 aromatic heterocycles. The molecule has 2 aliphatic rings. The summed E-state index contributed by atoms with van der Waals surface area (Å²) in [5, 5.41) is 29.8. The monoisotopic (exact) mass is 890 g/mol. The fourth-order valence-electron chi connectivity index (χ4n) is 9.62. The number of carbonyl (C=O) groups is 4. The summed E-state index contributed by atoms with van der Waals surface area (Å²) in [6, 6.07) is 31.7. The highest BCUT2D eigenvalue weighted by Crippen LogP contribution is 2.35. The fraction of sp³-hybridized carbons (Fsp3) is 0.423. The summed E-state index contributed by atoms with van der Waals surface area (Å²) in [7, 11) is 0. The van der Waals surface area contributed by atoms with Gasteiger partial charge in [-0.05, 0) is 148 Å². The Balaban J connectivity index is 0.000000196. The van der Waals surface area contributed by atoms with Crippen LogP contribution in [0.3, 0.4) is 0 Å². The lowest BCUT2D eigenvalue weighted by Crippen LogP contribution is -2.41. The number of benzene rings is 4. The molecule has 0 radical (unpaired) electrons. The number of hydrogen-bond donors (Lipinski definition) is 2. The third-order valence-electron chi connectivity index (χ3n) is 13.3. The average molecular weight is 891 g/mol. The lowest BCUT2D eigenvalue weighted by atomic mass is 9.96. The number of tetrazole rings is 2. The molecule has 0 spiro atoms. The molecule has 2 aliphatic carbocycles. The second kappa shape index (κ2) is 23.0. The molecule has 6 atom stereocenters. The van der Waals surface area contributed by atoms with Crippen LogP contribution in [0.4, 0.5) is 0 Å². The molecule has 2 fully saturated rings. The van der Waals surface area contributed by atoms with E-state index in [0.717, 1.165) is 85.0 Å². The number of rotatable bonds is 18. The van der Waals surface area contributed by atoms with Crippen LogP contribution >= 0.6 is 0 Å². The lowest BCUT2D eigenvalue weighted by Gasteiger charge is -2.17. The Labute approximate surface area is 387 Å². The lowest BCUT2D eigenvalue weighted by molar-refractivity contribution is -0.129. The molecule has 0 unspecified atom stereocenters. The molecule has 8 rings (SSSR count). The normalized spacial score (nSPS) is 18.7. The number of Topliss-reactive ketones (excluding diaryl/α,β-unsaturated/α-hetero) is 2. The van der Waals surface area contributed by atoms with Crippen molar-refractivity contribution < 1.29 is 19.2 Å². The summed E-state index contributed by atoms with van der Waals surface area (Å²) in [5.41, 5.74) is 8.37. The maximum atomic E-state index is 12.8. The van der Waals surface area contributed by atoms with Crippen LogP contribution in [0.25, 0.3) is 11.4 Å². The number of aryl methyl sites for hydroxylation is 4. The molecular weight excluding hydrogens is 829 g/mol. The van der Waals surface area contributed by atoms with Crippen LogP contribution in [-0.4, -0.2) is 75.9 Å². The minimum absolute atomic E-state index is 0.00396. The third-order valence-corrected chi connectivity index (χ3v) is 13.3. The maximum Gasteiger partial charge on any atom is 0.223 e. The number of carbonyl (C=O) groups excluding carboxylic acids is 4. The maximum absolute atomic E-state index is 12.8. The van der Waals surface area contributed by atoms with Crippen molar-refractivity contribution in [3.63, 3.8) is 0 Å². The van der Waals surface area contributed by atoms with Gasteiger partial charge in [0, 0.05) is 24.7 Å². The van der Waals surface area contributed by atoms with Gasteiger partial charge in [0.05, 0.1) is 23.5 Å². The predicted molar refractivity (Wildman–Crippen MR) is 252 cm³/mol. The van der Waals surface area contributed by atoms with E-state index < -0.39 is 12.1 Å². The highest BCUT2D eigenvalue weighted by Gasteiger charge is 2.33. The van der Waals surface area contributed by atoms with E-state index in [0.29, 0.717) is 37.5 Å². The van der Waals surface area contributed by atoms with Crippen molar-refractivity contribution in [2.24, 2.45) is 23.7 Å². The Bertz CT molecular complexity index is 2340. The van der Waals surface area contributed by atoms with Gasteiger partial charge in [0.1, 0.15) is 0 Å². The van der Waals surface area contributed by atoms with Gasteiger partial charge in [0.25, 0.3) is 0 Å². The first kappa shape index (κ1) is 47.3. The number of amides is 2. The van der Waals surface area contributed by atoms with Crippen molar-refractivity contribution in [3.8, 4) is 11.4 Å². The van der Waals surface area contributed by atoms with Crippen LogP contribution in [0, 0.1) is 37.5 Å². The van der Waals surface area contributed by atoms with Crippen molar-refractivity contribution in [2.45, 2.75) is 117 Å². The van der Waals surface area contributed by atoms with E-state index in [1.165, 1.54) is 33.4 Å². The standard InChI is InChI=1S/2C26H31N5O2/c2*1-18-7-6-10-22(25(18)31-28-17-27-30-31)13-14-24(32)19(2)29-26(33)23-12-11-21(16-23)15-20-8-4-3-5-9-20/h2*3-10,17,19,21,23H,11-16H2,1-2H3,(H,29,33)/t2*19-,21-,23+/m00/s1. The van der Waals surface area contributed by atoms with E-state index in [1.54, 1.807) is 13.8 Å². The van der Waals surface area contributed by atoms with E-state index in [-0.39, 0.29) is 35.2 Å². The second-order valence-electron chi connectivity index (χ2n) is 18.1. The summed E-state index contributed by atoms with van der Waals surface area (Å²) in [6.07, 6.45) is 12.3. The van der Waals surface area contributed by atoms with Gasteiger partial charge in [-0.1, -0.05) is 97.1 Å². The van der Waals surface area contributed by atoms with Crippen LogP contribution in [0.5, 0.6) is 0 Å². The molecule has 0 aliphatic heterocycles. The first-order valence-electron chi connectivity index (χ1n) is 23.4. The number of aromatic nitrogens is 8. The Morgan fingerprint density at radius 1 is 0.561 bits per heavy atom. The highest BCUT2D eigenvalue weighted by atomic mass is 16.2. The molecule has 344 valence electrons. The summed E-state index contributed by atoms with van der Waals surface area (Å²) >= 11 is 0. The van der Waals surface area contributed by atoms with Crippen molar-refractivity contribution >= 4 is 23.4 Å². The molecule has 66 heavy (non-hydrogen) atoms. The summed E-state index contributed by atoms with van der Waals surface area (Å²) < 4.78 is 0. The topological polar surface area (TPSA) is 180 Å². The number of nitrogens with one attached hydrogen (secondary N) is 2. The fourth-order valence-corrected chi connectivity index (χ4v) is 9.62. The molecule has 2 amide bonds. The number of nitrogens with zero attached hydrogens (tertiary/aromatic N) is 8. The van der Waals surface area contributed by atoms with Crippen LogP contribution in [0.15, 0.2) is 110 Å². The summed E-state index contributed by atoms with van der Waals surface area (Å²) in [5.74, 6) is 1.12. The van der Waals surface area contributed by atoms with E-state index in [1.807, 2.05) is 62.4 Å². The molecule has 2 saturated carbocycles. The summed E-state index contributed by atoms with van der Waals surface area (Å²) in [4.78, 5) is 54.2. The van der Waals surface area contributed by atoms with Crippen molar-refractivity contribution in [1.82, 2.24) is 51.0 Å². The Morgan fingerprint density at radius 2 is 0.970 bits per heavy atom. The molecular formula is C52H62N10O4. The smallest absolute Gasteiger partial charge is 0.223 e. The van der Waals surface area contributed by atoms with E-state index in [4.69, 9.17) is 0 Å². The molecule has 14 heteroatoms. The van der Waals surface area contributed by atoms with Gasteiger partial charge in [-0.25, -0.2) is 0 Å². The van der Waals surface area contributed by atoms with Crippen LogP contribution in [0.1, 0.15) is 98.6 Å². The first-order chi connectivity index (χ1) is 32.0. The zero-order chi connectivity index (χ0) is 46.4. The van der Waals surface area contributed by atoms with Crippen molar-refractivity contribution in [1.29, 1.82) is 0 Å². The van der Waals surface area contributed by atoms with Gasteiger partial charge >= 0.3 is 0 Å². The van der Waals surface area contributed by atoms with E-state index in [2.05, 4.69) is 90.0 Å². The van der Waals surface area contributed by atoms with Crippen LogP contribution in [-0.2, 0) is 44.9 Å². The molecule has 0 bridgehead atoms. The van der Waals surface area contributed by atoms with Gasteiger partial charge in [-0.15, -0.1) is 30.0 Å². The van der Waals surface area contributed by atoms with Gasteiger partial charge in [0.15, 0.2) is 24.2 Å². The Morgan fingerprint density at radius 3 is 1.35 bits per heavy atom. The quantitative estimate of drug-likeness (QED) is 0.0892. The largest absolute Gasteiger partial charge is 0.346 e. The molecule has 2 heterocycles. The minimum atomic E-state index is -0.497. The first-order valence-corrected chi connectivity index (χ1v) is 23.4. The second-order valence-corrected chi connectivity index (χ2v) is 18.1. The molecule has 4 aromatic carbocycles. The summed E-state index contributed by atoms with van der Waals surface area (Å²) in [6.45, 7) is 7.54.